The average Bonchev–Trinajstić information content (AvgIpc) is 2.90. The Bertz CT molecular complexity index is 363. The molecule has 0 radical (unpaired) electrons. The highest BCUT2D eigenvalue weighted by Gasteiger charge is 2.34. The van der Waals surface area contributed by atoms with E-state index < -0.39 is 0 Å². The molecule has 0 aromatic carbocycles. The summed E-state index contributed by atoms with van der Waals surface area (Å²) in [5.41, 5.74) is 5.84. The number of carbonyl (C=O) groups is 2. The highest BCUT2D eigenvalue weighted by atomic mass is 16.2. The Hall–Kier alpha value is -1.10. The van der Waals surface area contributed by atoms with Crippen molar-refractivity contribution in [2.45, 2.75) is 58.9 Å². The van der Waals surface area contributed by atoms with E-state index in [1.807, 2.05) is 0 Å². The topological polar surface area (TPSA) is 75.4 Å². The number of nitrogens with one attached hydrogen (secondary N) is 1. The molecule has 5 heteroatoms. The Labute approximate surface area is 128 Å². The van der Waals surface area contributed by atoms with Gasteiger partial charge in [0.2, 0.25) is 11.8 Å². The highest BCUT2D eigenvalue weighted by Crippen LogP contribution is 2.32. The van der Waals surface area contributed by atoms with E-state index in [4.69, 9.17) is 5.73 Å². The maximum Gasteiger partial charge on any atom is 0.242 e. The second-order valence-electron chi connectivity index (χ2n) is 7.04. The zero-order valence-corrected chi connectivity index (χ0v) is 13.9. The molecule has 21 heavy (non-hydrogen) atoms. The van der Waals surface area contributed by atoms with Gasteiger partial charge in [0, 0.05) is 20.0 Å². The number of nitrogens with zero attached hydrogens (tertiary/aromatic N) is 1. The van der Waals surface area contributed by atoms with E-state index in [9.17, 15) is 9.59 Å². The van der Waals surface area contributed by atoms with Crippen LogP contribution in [-0.2, 0) is 9.59 Å². The summed E-state index contributed by atoms with van der Waals surface area (Å²) in [6.45, 7) is 7.94. The van der Waals surface area contributed by atoms with E-state index in [0.717, 1.165) is 25.7 Å². The third kappa shape index (κ3) is 4.99. The molecule has 0 saturated carbocycles. The predicted molar refractivity (Wildman–Crippen MR) is 84.7 cm³/mol. The predicted octanol–water partition coefficient (Wildman–Crippen LogP) is 1.51. The number of rotatable bonds is 6. The quantitative estimate of drug-likeness (QED) is 0.780. The molecule has 0 aromatic rings. The van der Waals surface area contributed by atoms with Crippen molar-refractivity contribution in [2.24, 2.45) is 17.1 Å². The Morgan fingerprint density at radius 2 is 2.00 bits per heavy atom. The van der Waals surface area contributed by atoms with Crippen LogP contribution >= 0.6 is 0 Å². The monoisotopic (exact) mass is 297 g/mol. The smallest absolute Gasteiger partial charge is 0.242 e. The summed E-state index contributed by atoms with van der Waals surface area (Å²) in [5, 5.41) is 2.65. The van der Waals surface area contributed by atoms with Gasteiger partial charge < -0.3 is 16.0 Å². The van der Waals surface area contributed by atoms with Crippen molar-refractivity contribution in [3.63, 3.8) is 0 Å². The number of nitrogens with two attached hydrogens (primary N) is 1. The normalized spacial score (nSPS) is 20.4. The van der Waals surface area contributed by atoms with Gasteiger partial charge in [0.1, 0.15) is 6.04 Å². The molecular weight excluding hydrogens is 266 g/mol. The summed E-state index contributed by atoms with van der Waals surface area (Å²) in [6, 6.07) is -0.273. The highest BCUT2D eigenvalue weighted by molar-refractivity contribution is 5.88. The van der Waals surface area contributed by atoms with Crippen LogP contribution in [0.5, 0.6) is 0 Å². The van der Waals surface area contributed by atoms with Crippen LogP contribution in [0.2, 0.25) is 0 Å². The maximum atomic E-state index is 12.4. The minimum absolute atomic E-state index is 0.0461. The molecule has 1 rings (SSSR count). The van der Waals surface area contributed by atoms with E-state index in [0.29, 0.717) is 25.4 Å². The van der Waals surface area contributed by atoms with E-state index in [-0.39, 0.29) is 23.3 Å². The van der Waals surface area contributed by atoms with E-state index in [1.165, 1.54) is 0 Å². The first-order valence-electron chi connectivity index (χ1n) is 8.02. The van der Waals surface area contributed by atoms with E-state index >= 15 is 0 Å². The molecule has 1 heterocycles. The number of carbonyl (C=O) groups excluding carboxylic acids is 2. The number of hydrogen-bond donors (Lipinski definition) is 2. The Morgan fingerprint density at radius 3 is 2.52 bits per heavy atom. The van der Waals surface area contributed by atoms with Crippen molar-refractivity contribution in [1.82, 2.24) is 10.2 Å². The van der Waals surface area contributed by atoms with Gasteiger partial charge in [-0.05, 0) is 43.6 Å². The summed E-state index contributed by atoms with van der Waals surface area (Å²) in [7, 11) is 1.63. The molecule has 2 atom stereocenters. The lowest BCUT2D eigenvalue weighted by Gasteiger charge is -2.31. The van der Waals surface area contributed by atoms with Crippen molar-refractivity contribution < 1.29 is 9.59 Å². The van der Waals surface area contributed by atoms with Crippen LogP contribution in [0.25, 0.3) is 0 Å². The van der Waals surface area contributed by atoms with E-state index in [1.54, 1.807) is 11.9 Å². The first-order chi connectivity index (χ1) is 9.81. The summed E-state index contributed by atoms with van der Waals surface area (Å²) in [4.78, 5) is 26.0. The molecule has 2 unspecified atom stereocenters. The number of likely N-dealkylation sites (tertiary alicyclic amines) is 1. The molecule has 3 N–H and O–H groups in total. The lowest BCUT2D eigenvalue weighted by molar-refractivity contribution is -0.138. The molecule has 1 aliphatic heterocycles. The Kier molecular flexibility index (Phi) is 6.65. The van der Waals surface area contributed by atoms with Crippen LogP contribution in [0.4, 0.5) is 0 Å². The second-order valence-corrected chi connectivity index (χ2v) is 7.04. The third-order valence-corrected chi connectivity index (χ3v) is 4.57. The van der Waals surface area contributed by atoms with Gasteiger partial charge in [0.05, 0.1) is 0 Å². The SMILES string of the molecule is CNC(=O)C1CCCN1C(=O)CCC(CCN)C(C)(C)C. The van der Waals surface area contributed by atoms with Gasteiger partial charge in [-0.25, -0.2) is 0 Å². The van der Waals surface area contributed by atoms with Gasteiger partial charge >= 0.3 is 0 Å². The zero-order valence-electron chi connectivity index (χ0n) is 13.9. The second kappa shape index (κ2) is 7.78. The van der Waals surface area contributed by atoms with Gasteiger partial charge in [0.25, 0.3) is 0 Å². The van der Waals surface area contributed by atoms with Gasteiger partial charge in [-0.15, -0.1) is 0 Å². The van der Waals surface area contributed by atoms with Gasteiger partial charge in [-0.1, -0.05) is 20.8 Å². The van der Waals surface area contributed by atoms with Crippen molar-refractivity contribution >= 4 is 11.8 Å². The molecule has 0 aliphatic carbocycles. The minimum Gasteiger partial charge on any atom is -0.357 e. The van der Waals surface area contributed by atoms with Crippen LogP contribution in [-0.4, -0.2) is 42.9 Å². The summed E-state index contributed by atoms with van der Waals surface area (Å²) in [6.07, 6.45) is 3.98. The summed E-state index contributed by atoms with van der Waals surface area (Å²) >= 11 is 0. The fraction of sp³-hybridized carbons (Fsp3) is 0.875. The number of amides is 2. The molecule has 122 valence electrons. The number of hydrogen-bond acceptors (Lipinski definition) is 3. The average molecular weight is 297 g/mol. The summed E-state index contributed by atoms with van der Waals surface area (Å²) in [5.74, 6) is 0.495. The molecule has 1 aliphatic rings. The molecule has 0 aromatic heterocycles. The van der Waals surface area contributed by atoms with E-state index in [2.05, 4.69) is 26.1 Å². The molecule has 2 amide bonds. The van der Waals surface area contributed by atoms with Crippen LogP contribution < -0.4 is 11.1 Å². The van der Waals surface area contributed by atoms with Crippen molar-refractivity contribution in [2.75, 3.05) is 20.1 Å². The lowest BCUT2D eigenvalue weighted by atomic mass is 9.76. The Balaban J connectivity index is 2.57. The maximum absolute atomic E-state index is 12.4. The fourth-order valence-electron chi connectivity index (χ4n) is 3.16. The van der Waals surface area contributed by atoms with Crippen molar-refractivity contribution in [3.05, 3.63) is 0 Å². The standard InChI is InChI=1S/C16H31N3O2/c1-16(2,3)12(9-10-17)7-8-14(20)19-11-5-6-13(19)15(21)18-4/h12-13H,5-11,17H2,1-4H3,(H,18,21). The summed E-state index contributed by atoms with van der Waals surface area (Å²) < 4.78 is 0. The first kappa shape index (κ1) is 18.0. The Morgan fingerprint density at radius 1 is 1.33 bits per heavy atom. The largest absolute Gasteiger partial charge is 0.357 e. The van der Waals surface area contributed by atoms with Gasteiger partial charge in [-0.2, -0.15) is 0 Å². The molecule has 0 spiro atoms. The van der Waals surface area contributed by atoms with Crippen molar-refractivity contribution in [3.8, 4) is 0 Å². The fourth-order valence-corrected chi connectivity index (χ4v) is 3.16. The molecule has 1 fully saturated rings. The van der Waals surface area contributed by atoms with Gasteiger partial charge in [-0.3, -0.25) is 9.59 Å². The third-order valence-electron chi connectivity index (χ3n) is 4.57. The zero-order chi connectivity index (χ0) is 16.0. The lowest BCUT2D eigenvalue weighted by Crippen LogP contribution is -2.45. The van der Waals surface area contributed by atoms with Crippen LogP contribution in [0.15, 0.2) is 0 Å². The molecule has 1 saturated heterocycles. The minimum atomic E-state index is -0.273. The molecular formula is C16H31N3O2. The van der Waals surface area contributed by atoms with Crippen LogP contribution in [0.3, 0.4) is 0 Å². The first-order valence-corrected chi connectivity index (χ1v) is 8.02. The van der Waals surface area contributed by atoms with Crippen LogP contribution in [0, 0.1) is 11.3 Å². The molecule has 5 nitrogen and oxygen atoms in total. The number of likely N-dealkylation sites (N-methyl/N-ethyl adjacent to an activating group) is 1. The van der Waals surface area contributed by atoms with Gasteiger partial charge in [0.15, 0.2) is 0 Å². The van der Waals surface area contributed by atoms with Crippen molar-refractivity contribution in [1.29, 1.82) is 0 Å². The molecule has 0 bridgehead atoms. The van der Waals surface area contributed by atoms with Crippen LogP contribution in [0.1, 0.15) is 52.9 Å².